The van der Waals surface area contributed by atoms with Gasteiger partial charge in [0.05, 0.1) is 5.69 Å². The zero-order valence-corrected chi connectivity index (χ0v) is 17.8. The maximum absolute atomic E-state index is 14.7. The van der Waals surface area contributed by atoms with E-state index in [0.29, 0.717) is 10.2 Å². The summed E-state index contributed by atoms with van der Waals surface area (Å²) < 4.78 is 15.3. The summed E-state index contributed by atoms with van der Waals surface area (Å²) in [7, 11) is 0. The van der Waals surface area contributed by atoms with E-state index >= 15 is 0 Å². The molecule has 28 heavy (non-hydrogen) atoms. The number of halogens is 2. The van der Waals surface area contributed by atoms with Crippen LogP contribution in [0.5, 0.6) is 0 Å². The SMILES string of the molecule is C=CCC(=O)N(c1ccccc1Br)C(C(=O)NC(C)(C)C)c1ccccc1F. The van der Waals surface area contributed by atoms with Crippen LogP contribution in [0, 0.1) is 5.82 Å². The maximum Gasteiger partial charge on any atom is 0.248 e. The molecule has 0 radical (unpaired) electrons. The number of amides is 2. The minimum Gasteiger partial charge on any atom is -0.349 e. The molecule has 2 rings (SSSR count). The van der Waals surface area contributed by atoms with Crippen molar-refractivity contribution in [1.29, 1.82) is 0 Å². The molecule has 0 bridgehead atoms. The summed E-state index contributed by atoms with van der Waals surface area (Å²) in [5, 5.41) is 2.87. The summed E-state index contributed by atoms with van der Waals surface area (Å²) in [4.78, 5) is 27.6. The molecule has 0 saturated carbocycles. The van der Waals surface area contributed by atoms with Crippen LogP contribution in [0.15, 0.2) is 65.7 Å². The van der Waals surface area contributed by atoms with Crippen molar-refractivity contribution < 1.29 is 14.0 Å². The molecule has 0 heterocycles. The molecule has 4 nitrogen and oxygen atoms in total. The van der Waals surface area contributed by atoms with Crippen molar-refractivity contribution in [2.75, 3.05) is 4.90 Å². The molecule has 0 spiro atoms. The van der Waals surface area contributed by atoms with Crippen LogP contribution in [0.25, 0.3) is 0 Å². The molecule has 148 valence electrons. The van der Waals surface area contributed by atoms with Crippen LogP contribution in [0.4, 0.5) is 10.1 Å². The second kappa shape index (κ2) is 9.15. The van der Waals surface area contributed by atoms with Gasteiger partial charge in [0.25, 0.3) is 0 Å². The fourth-order valence-electron chi connectivity index (χ4n) is 2.82. The van der Waals surface area contributed by atoms with Gasteiger partial charge in [-0.1, -0.05) is 36.4 Å². The van der Waals surface area contributed by atoms with Gasteiger partial charge in [-0.2, -0.15) is 0 Å². The van der Waals surface area contributed by atoms with Crippen LogP contribution in [0.3, 0.4) is 0 Å². The van der Waals surface area contributed by atoms with Crippen molar-refractivity contribution in [3.05, 3.63) is 77.0 Å². The smallest absolute Gasteiger partial charge is 0.248 e. The van der Waals surface area contributed by atoms with Gasteiger partial charge in [-0.3, -0.25) is 14.5 Å². The first-order valence-electron chi connectivity index (χ1n) is 8.89. The molecule has 6 heteroatoms. The number of anilines is 1. The van der Waals surface area contributed by atoms with Crippen LogP contribution in [-0.2, 0) is 9.59 Å². The Kier molecular flexibility index (Phi) is 7.13. The number of carbonyl (C=O) groups excluding carboxylic acids is 2. The summed E-state index contributed by atoms with van der Waals surface area (Å²) in [6, 6.07) is 11.9. The third kappa shape index (κ3) is 5.29. The quantitative estimate of drug-likeness (QED) is 0.623. The van der Waals surface area contributed by atoms with Crippen LogP contribution >= 0.6 is 15.9 Å². The normalized spacial score (nSPS) is 12.2. The predicted octanol–water partition coefficient (Wildman–Crippen LogP) is 5.15. The van der Waals surface area contributed by atoms with Crippen molar-refractivity contribution in [1.82, 2.24) is 5.32 Å². The Hall–Kier alpha value is -2.47. The molecule has 0 aliphatic rings. The minimum absolute atomic E-state index is 0.00901. The molecule has 2 aromatic rings. The van der Waals surface area contributed by atoms with Crippen LogP contribution in [0.1, 0.15) is 38.8 Å². The van der Waals surface area contributed by atoms with E-state index in [4.69, 9.17) is 0 Å². The van der Waals surface area contributed by atoms with E-state index in [0.717, 1.165) is 0 Å². The average Bonchev–Trinajstić information content (AvgIpc) is 2.60. The number of hydrogen-bond acceptors (Lipinski definition) is 2. The molecule has 0 fully saturated rings. The summed E-state index contributed by atoms with van der Waals surface area (Å²) in [5.41, 5.74) is 0.0471. The van der Waals surface area contributed by atoms with E-state index in [1.165, 1.54) is 23.1 Å². The molecular weight excluding hydrogens is 423 g/mol. The molecule has 0 aliphatic heterocycles. The molecular formula is C22H24BrFN2O2. The Balaban J connectivity index is 2.69. The Bertz CT molecular complexity index is 877. The van der Waals surface area contributed by atoms with Crippen LogP contribution in [0.2, 0.25) is 0 Å². The number of hydrogen-bond donors (Lipinski definition) is 1. The van der Waals surface area contributed by atoms with Gasteiger partial charge in [0.1, 0.15) is 11.9 Å². The van der Waals surface area contributed by atoms with E-state index in [2.05, 4.69) is 27.8 Å². The lowest BCUT2D eigenvalue weighted by Crippen LogP contribution is -2.49. The van der Waals surface area contributed by atoms with Crippen molar-refractivity contribution >= 4 is 33.4 Å². The maximum atomic E-state index is 14.7. The van der Waals surface area contributed by atoms with Gasteiger partial charge in [0.15, 0.2) is 0 Å². The third-order valence-electron chi connectivity index (χ3n) is 3.90. The minimum atomic E-state index is -1.17. The highest BCUT2D eigenvalue weighted by molar-refractivity contribution is 9.10. The second-order valence-electron chi connectivity index (χ2n) is 7.37. The van der Waals surface area contributed by atoms with Crippen LogP contribution < -0.4 is 10.2 Å². The monoisotopic (exact) mass is 446 g/mol. The first-order chi connectivity index (χ1) is 13.2. The van der Waals surface area contributed by atoms with Gasteiger partial charge in [-0.25, -0.2) is 4.39 Å². The second-order valence-corrected chi connectivity index (χ2v) is 8.23. The van der Waals surface area contributed by atoms with Crippen molar-refractivity contribution in [3.63, 3.8) is 0 Å². The van der Waals surface area contributed by atoms with Gasteiger partial charge in [-0.15, -0.1) is 6.58 Å². The van der Waals surface area contributed by atoms with E-state index in [1.807, 2.05) is 20.8 Å². The van der Waals surface area contributed by atoms with Crippen LogP contribution in [-0.4, -0.2) is 17.4 Å². The predicted molar refractivity (Wildman–Crippen MR) is 113 cm³/mol. The number of carbonyl (C=O) groups is 2. The first kappa shape index (κ1) is 21.8. The molecule has 2 amide bonds. The number of nitrogens with zero attached hydrogens (tertiary/aromatic N) is 1. The lowest BCUT2D eigenvalue weighted by molar-refractivity contribution is -0.127. The Morgan fingerprint density at radius 2 is 1.79 bits per heavy atom. The van der Waals surface area contributed by atoms with E-state index < -0.39 is 23.3 Å². The zero-order valence-electron chi connectivity index (χ0n) is 16.2. The summed E-state index contributed by atoms with van der Waals surface area (Å²) >= 11 is 3.44. The highest BCUT2D eigenvalue weighted by Crippen LogP contribution is 2.35. The number of para-hydroxylation sites is 1. The van der Waals surface area contributed by atoms with Gasteiger partial charge in [0.2, 0.25) is 11.8 Å². The fraction of sp³-hybridized carbons (Fsp3) is 0.273. The molecule has 0 aliphatic carbocycles. The standard InChI is InChI=1S/C22H24BrFN2O2/c1-5-10-19(27)26(18-14-9-7-12-16(18)23)20(21(28)25-22(2,3)4)15-11-6-8-13-17(15)24/h5-9,11-14,20H,1,10H2,2-4H3,(H,25,28). The molecule has 1 N–H and O–H groups in total. The topological polar surface area (TPSA) is 49.4 Å². The van der Waals surface area contributed by atoms with E-state index in [9.17, 15) is 14.0 Å². The molecule has 0 aromatic heterocycles. The highest BCUT2D eigenvalue weighted by Gasteiger charge is 2.36. The molecule has 1 unspecified atom stereocenters. The van der Waals surface area contributed by atoms with Gasteiger partial charge < -0.3 is 5.32 Å². The number of nitrogens with one attached hydrogen (secondary N) is 1. The summed E-state index contributed by atoms with van der Waals surface area (Å²) in [5.74, 6) is -1.38. The van der Waals surface area contributed by atoms with Gasteiger partial charge >= 0.3 is 0 Å². The van der Waals surface area contributed by atoms with Crippen molar-refractivity contribution in [2.24, 2.45) is 0 Å². The van der Waals surface area contributed by atoms with Gasteiger partial charge in [0, 0.05) is 22.0 Å². The molecule has 0 saturated heterocycles. The Morgan fingerprint density at radius 3 is 2.36 bits per heavy atom. The van der Waals surface area contributed by atoms with E-state index in [1.54, 1.807) is 36.4 Å². The number of rotatable bonds is 6. The van der Waals surface area contributed by atoms with Gasteiger partial charge in [-0.05, 0) is 54.9 Å². The van der Waals surface area contributed by atoms with E-state index in [-0.39, 0.29) is 17.9 Å². The van der Waals surface area contributed by atoms with Crippen molar-refractivity contribution in [3.8, 4) is 0 Å². The highest BCUT2D eigenvalue weighted by atomic mass is 79.9. The largest absolute Gasteiger partial charge is 0.349 e. The Morgan fingerprint density at radius 1 is 1.18 bits per heavy atom. The fourth-order valence-corrected chi connectivity index (χ4v) is 3.29. The summed E-state index contributed by atoms with van der Waals surface area (Å²) in [6.07, 6.45) is 1.47. The lowest BCUT2D eigenvalue weighted by Gasteiger charge is -2.34. The molecule has 1 atom stereocenters. The molecule has 2 aromatic carbocycles. The lowest BCUT2D eigenvalue weighted by atomic mass is 10.00. The third-order valence-corrected chi connectivity index (χ3v) is 4.57. The first-order valence-corrected chi connectivity index (χ1v) is 9.69. The average molecular weight is 447 g/mol. The van der Waals surface area contributed by atoms with Crippen molar-refractivity contribution in [2.45, 2.75) is 38.8 Å². The Labute approximate surface area is 173 Å². The summed E-state index contributed by atoms with van der Waals surface area (Å²) in [6.45, 7) is 9.11. The number of benzene rings is 2. The zero-order chi connectivity index (χ0) is 20.9.